The van der Waals surface area contributed by atoms with Gasteiger partial charge in [0, 0.05) is 3.57 Å². The number of aliphatic hydroxyl groups excluding tert-OH is 1. The first-order valence-electron chi connectivity index (χ1n) is 3.29. The zero-order valence-electron chi connectivity index (χ0n) is 6.12. The number of aliphatic hydroxyl groups is 1. The lowest BCUT2D eigenvalue weighted by molar-refractivity contribution is -0.000298. The Kier molecular flexibility index (Phi) is 3.14. The molecule has 0 heterocycles. The Morgan fingerprint density at radius 2 is 1.91 bits per heavy atom. The maximum Gasteiger partial charge on any atom is 0.194 e. The van der Waals surface area contributed by atoms with Gasteiger partial charge in [-0.15, -0.1) is 0 Å². The smallest absolute Gasteiger partial charge is 0.194 e. The number of halogens is 1. The van der Waals surface area contributed by atoms with Crippen LogP contribution in [-0.2, 0) is 0 Å². The number of rotatable bonds is 2. The molecule has 0 aromatic heterocycles. The van der Waals surface area contributed by atoms with E-state index in [2.05, 4.69) is 22.6 Å². The summed E-state index contributed by atoms with van der Waals surface area (Å²) in [6, 6.07) is 7.51. The Labute approximate surface area is 79.3 Å². The van der Waals surface area contributed by atoms with Gasteiger partial charge in [0.1, 0.15) is 5.75 Å². The average Bonchev–Trinajstić information content (AvgIpc) is 1.93. The highest BCUT2D eigenvalue weighted by Crippen LogP contribution is 2.14. The molecule has 0 aliphatic carbocycles. The van der Waals surface area contributed by atoms with E-state index >= 15 is 0 Å². The maximum atomic E-state index is 8.85. The Morgan fingerprint density at radius 1 is 1.36 bits per heavy atom. The van der Waals surface area contributed by atoms with Crippen LogP contribution in [0.5, 0.6) is 5.75 Å². The first-order chi connectivity index (χ1) is 5.18. The summed E-state index contributed by atoms with van der Waals surface area (Å²) < 4.78 is 6.17. The van der Waals surface area contributed by atoms with E-state index in [-0.39, 0.29) is 0 Å². The first kappa shape index (κ1) is 8.80. The van der Waals surface area contributed by atoms with Crippen LogP contribution in [0.3, 0.4) is 0 Å². The van der Waals surface area contributed by atoms with E-state index in [0.717, 1.165) is 3.57 Å². The van der Waals surface area contributed by atoms with Crippen LogP contribution in [0, 0.1) is 3.57 Å². The molecule has 0 amide bonds. The van der Waals surface area contributed by atoms with Crippen LogP contribution >= 0.6 is 22.6 Å². The van der Waals surface area contributed by atoms with Crippen LogP contribution in [0.4, 0.5) is 0 Å². The predicted molar refractivity (Wildman–Crippen MR) is 51.5 cm³/mol. The maximum absolute atomic E-state index is 8.85. The van der Waals surface area contributed by atoms with Crippen molar-refractivity contribution in [3.05, 3.63) is 27.8 Å². The van der Waals surface area contributed by atoms with Crippen LogP contribution in [-0.4, -0.2) is 11.4 Å². The Balaban J connectivity index is 2.66. The lowest BCUT2D eigenvalue weighted by Crippen LogP contribution is -2.09. The lowest BCUT2D eigenvalue weighted by Gasteiger charge is -2.07. The molecule has 1 atom stereocenters. The number of hydrogen-bond donors (Lipinski definition) is 1. The van der Waals surface area contributed by atoms with Crippen molar-refractivity contribution in [2.75, 3.05) is 0 Å². The third-order valence-electron chi connectivity index (χ3n) is 1.12. The molecule has 1 rings (SSSR count). The molecule has 11 heavy (non-hydrogen) atoms. The van der Waals surface area contributed by atoms with Gasteiger partial charge in [-0.1, -0.05) is 0 Å². The Bertz CT molecular complexity index is 218. The van der Waals surface area contributed by atoms with Crippen LogP contribution in [0.2, 0.25) is 0 Å². The SMILES string of the molecule is CC(O)Oc1ccc(I)cc1. The topological polar surface area (TPSA) is 29.5 Å². The molecule has 3 heteroatoms. The van der Waals surface area contributed by atoms with E-state index in [9.17, 15) is 0 Å². The van der Waals surface area contributed by atoms with E-state index in [0.29, 0.717) is 5.75 Å². The molecular formula is C8H9IO2. The van der Waals surface area contributed by atoms with Gasteiger partial charge in [0.2, 0.25) is 0 Å². The molecule has 1 aromatic rings. The number of hydrogen-bond acceptors (Lipinski definition) is 2. The van der Waals surface area contributed by atoms with Crippen LogP contribution in [0.15, 0.2) is 24.3 Å². The van der Waals surface area contributed by atoms with Gasteiger partial charge in [-0.25, -0.2) is 0 Å². The second kappa shape index (κ2) is 3.92. The molecule has 0 fully saturated rings. The fourth-order valence-corrected chi connectivity index (χ4v) is 1.07. The van der Waals surface area contributed by atoms with Gasteiger partial charge in [-0.3, -0.25) is 0 Å². The standard InChI is InChI=1S/C8H9IO2/c1-6(10)11-8-4-2-7(9)3-5-8/h2-6,10H,1H3. The molecule has 0 saturated heterocycles. The fourth-order valence-electron chi connectivity index (χ4n) is 0.710. The summed E-state index contributed by atoms with van der Waals surface area (Å²) >= 11 is 2.21. The molecule has 0 bridgehead atoms. The molecule has 0 radical (unpaired) electrons. The average molecular weight is 264 g/mol. The minimum absolute atomic E-state index is 0.695. The van der Waals surface area contributed by atoms with Gasteiger partial charge in [-0.05, 0) is 53.8 Å². The van der Waals surface area contributed by atoms with Crippen molar-refractivity contribution >= 4 is 22.6 Å². The van der Waals surface area contributed by atoms with Crippen molar-refractivity contribution in [1.29, 1.82) is 0 Å². The van der Waals surface area contributed by atoms with Crippen molar-refractivity contribution < 1.29 is 9.84 Å². The monoisotopic (exact) mass is 264 g/mol. The van der Waals surface area contributed by atoms with Crippen molar-refractivity contribution in [3.63, 3.8) is 0 Å². The van der Waals surface area contributed by atoms with Crippen LogP contribution in [0.1, 0.15) is 6.92 Å². The van der Waals surface area contributed by atoms with E-state index in [1.807, 2.05) is 24.3 Å². The summed E-state index contributed by atoms with van der Waals surface area (Å²) in [7, 11) is 0. The highest BCUT2D eigenvalue weighted by atomic mass is 127. The zero-order valence-corrected chi connectivity index (χ0v) is 8.28. The predicted octanol–water partition coefficient (Wildman–Crippen LogP) is 2.01. The summed E-state index contributed by atoms with van der Waals surface area (Å²) in [5.41, 5.74) is 0. The molecule has 0 spiro atoms. The van der Waals surface area contributed by atoms with E-state index in [1.165, 1.54) is 0 Å². The molecule has 0 saturated carbocycles. The third kappa shape index (κ3) is 3.07. The van der Waals surface area contributed by atoms with Gasteiger partial charge >= 0.3 is 0 Å². The minimum Gasteiger partial charge on any atom is -0.465 e. The van der Waals surface area contributed by atoms with Gasteiger partial charge in [0.05, 0.1) is 0 Å². The van der Waals surface area contributed by atoms with Crippen molar-refractivity contribution in [2.45, 2.75) is 13.2 Å². The number of benzene rings is 1. The van der Waals surface area contributed by atoms with Crippen LogP contribution < -0.4 is 4.74 Å². The summed E-state index contributed by atoms with van der Waals surface area (Å²) in [5.74, 6) is 0.695. The summed E-state index contributed by atoms with van der Waals surface area (Å²) in [6.45, 7) is 1.58. The first-order valence-corrected chi connectivity index (χ1v) is 4.36. The molecule has 60 valence electrons. The Morgan fingerprint density at radius 3 is 2.36 bits per heavy atom. The molecule has 0 aliphatic heterocycles. The number of ether oxygens (including phenoxy) is 1. The van der Waals surface area contributed by atoms with Gasteiger partial charge in [0.15, 0.2) is 6.29 Å². The Hall–Kier alpha value is -0.290. The normalized spacial score (nSPS) is 12.6. The van der Waals surface area contributed by atoms with Crippen LogP contribution in [0.25, 0.3) is 0 Å². The molecule has 2 nitrogen and oxygen atoms in total. The second-order valence-corrected chi connectivity index (χ2v) is 3.42. The van der Waals surface area contributed by atoms with Crippen molar-refractivity contribution in [2.24, 2.45) is 0 Å². The van der Waals surface area contributed by atoms with E-state index < -0.39 is 6.29 Å². The van der Waals surface area contributed by atoms with Gasteiger partial charge in [0.25, 0.3) is 0 Å². The lowest BCUT2D eigenvalue weighted by atomic mass is 10.3. The third-order valence-corrected chi connectivity index (χ3v) is 1.84. The molecular weight excluding hydrogens is 255 g/mol. The van der Waals surface area contributed by atoms with E-state index in [4.69, 9.17) is 9.84 Å². The van der Waals surface area contributed by atoms with Gasteiger partial charge in [-0.2, -0.15) is 0 Å². The molecule has 1 unspecified atom stereocenters. The molecule has 1 aromatic carbocycles. The fraction of sp³-hybridized carbons (Fsp3) is 0.250. The molecule has 0 aliphatic rings. The quantitative estimate of drug-likeness (QED) is 0.654. The highest BCUT2D eigenvalue weighted by Gasteiger charge is 1.96. The summed E-state index contributed by atoms with van der Waals surface area (Å²) in [4.78, 5) is 0. The molecule has 1 N–H and O–H groups in total. The highest BCUT2D eigenvalue weighted by molar-refractivity contribution is 14.1. The minimum atomic E-state index is -0.741. The summed E-state index contributed by atoms with van der Waals surface area (Å²) in [6.07, 6.45) is -0.741. The van der Waals surface area contributed by atoms with Crippen molar-refractivity contribution in [1.82, 2.24) is 0 Å². The largest absolute Gasteiger partial charge is 0.465 e. The summed E-state index contributed by atoms with van der Waals surface area (Å²) in [5, 5.41) is 8.85. The zero-order chi connectivity index (χ0) is 8.27. The van der Waals surface area contributed by atoms with Gasteiger partial charge < -0.3 is 9.84 Å². The van der Waals surface area contributed by atoms with E-state index in [1.54, 1.807) is 6.92 Å². The second-order valence-electron chi connectivity index (χ2n) is 2.17. The van der Waals surface area contributed by atoms with Crippen molar-refractivity contribution in [3.8, 4) is 5.75 Å².